The first-order valence-corrected chi connectivity index (χ1v) is 3.80. The number of aryl methyl sites for hydroxylation is 1. The van der Waals surface area contributed by atoms with Crippen molar-refractivity contribution in [1.82, 2.24) is 15.0 Å². The van der Waals surface area contributed by atoms with Gasteiger partial charge in [0.1, 0.15) is 0 Å². The first-order chi connectivity index (χ1) is 5.86. The monoisotopic (exact) mass is 159 g/mol. The van der Waals surface area contributed by atoms with Crippen LogP contribution in [0.1, 0.15) is 5.69 Å². The quantitative estimate of drug-likeness (QED) is 0.632. The molecule has 1 aromatic heterocycles. The van der Waals surface area contributed by atoms with Crippen molar-refractivity contribution < 1.29 is 0 Å². The number of para-hydroxylation sites is 1. The van der Waals surface area contributed by atoms with E-state index in [1.165, 1.54) is 0 Å². The molecule has 3 nitrogen and oxygen atoms in total. The molecule has 0 unspecified atom stereocenters. The zero-order chi connectivity index (χ0) is 8.39. The van der Waals surface area contributed by atoms with Gasteiger partial charge in [-0.1, -0.05) is 23.4 Å². The fourth-order valence-electron chi connectivity index (χ4n) is 1.05. The van der Waals surface area contributed by atoms with Gasteiger partial charge in [0.05, 0.1) is 17.6 Å². The zero-order valence-corrected chi connectivity index (χ0v) is 6.81. The van der Waals surface area contributed by atoms with E-state index in [4.69, 9.17) is 0 Å². The van der Waals surface area contributed by atoms with Crippen LogP contribution < -0.4 is 0 Å². The van der Waals surface area contributed by atoms with E-state index in [-0.39, 0.29) is 0 Å². The molecule has 0 amide bonds. The van der Waals surface area contributed by atoms with Gasteiger partial charge >= 0.3 is 0 Å². The molecule has 1 heterocycles. The molecule has 0 aliphatic heterocycles. The first kappa shape index (κ1) is 7.03. The van der Waals surface area contributed by atoms with Crippen LogP contribution in [0.2, 0.25) is 0 Å². The summed E-state index contributed by atoms with van der Waals surface area (Å²) in [6.45, 7) is 1.92. The van der Waals surface area contributed by atoms with Crippen LogP contribution in [0, 0.1) is 6.92 Å². The highest BCUT2D eigenvalue weighted by molar-refractivity contribution is 5.29. The Morgan fingerprint density at radius 2 is 1.92 bits per heavy atom. The van der Waals surface area contributed by atoms with Gasteiger partial charge in [0.2, 0.25) is 0 Å². The number of benzene rings is 1. The average molecular weight is 159 g/mol. The summed E-state index contributed by atoms with van der Waals surface area (Å²) in [4.78, 5) is 0. The number of hydrogen-bond donors (Lipinski definition) is 0. The fraction of sp³-hybridized carbons (Fsp3) is 0.111. The lowest BCUT2D eigenvalue weighted by atomic mass is 10.3. The van der Waals surface area contributed by atoms with E-state index in [2.05, 4.69) is 10.3 Å². The van der Waals surface area contributed by atoms with Crippen LogP contribution in [0.15, 0.2) is 36.5 Å². The van der Waals surface area contributed by atoms with Crippen molar-refractivity contribution in [3.8, 4) is 5.69 Å². The average Bonchev–Trinajstić information content (AvgIpc) is 2.54. The normalized spacial score (nSPS) is 10.1. The molecule has 2 aromatic rings. The van der Waals surface area contributed by atoms with Crippen LogP contribution in [-0.2, 0) is 0 Å². The van der Waals surface area contributed by atoms with Gasteiger partial charge in [0.25, 0.3) is 0 Å². The SMILES string of the molecule is Cc1cn(-c2ccccc2)nn1. The topological polar surface area (TPSA) is 30.7 Å². The van der Waals surface area contributed by atoms with Crippen LogP contribution in [0.5, 0.6) is 0 Å². The molecule has 3 heteroatoms. The van der Waals surface area contributed by atoms with E-state index in [1.54, 1.807) is 4.68 Å². The molecule has 0 aliphatic carbocycles. The van der Waals surface area contributed by atoms with E-state index in [9.17, 15) is 0 Å². The predicted molar refractivity (Wildman–Crippen MR) is 46.1 cm³/mol. The van der Waals surface area contributed by atoms with E-state index >= 15 is 0 Å². The summed E-state index contributed by atoms with van der Waals surface area (Å²) in [6, 6.07) is 9.92. The van der Waals surface area contributed by atoms with Crippen LogP contribution >= 0.6 is 0 Å². The van der Waals surface area contributed by atoms with Crippen molar-refractivity contribution in [2.24, 2.45) is 0 Å². The van der Waals surface area contributed by atoms with Gasteiger partial charge < -0.3 is 0 Å². The van der Waals surface area contributed by atoms with Crippen molar-refractivity contribution in [1.29, 1.82) is 0 Å². The van der Waals surface area contributed by atoms with Crippen molar-refractivity contribution in [2.45, 2.75) is 6.92 Å². The minimum atomic E-state index is 0.929. The lowest BCUT2D eigenvalue weighted by Crippen LogP contribution is -1.93. The van der Waals surface area contributed by atoms with Gasteiger partial charge in [-0.3, -0.25) is 0 Å². The summed E-state index contributed by atoms with van der Waals surface area (Å²) < 4.78 is 1.76. The molecule has 0 spiro atoms. The number of hydrogen-bond acceptors (Lipinski definition) is 2. The van der Waals surface area contributed by atoms with Crippen LogP contribution in [0.25, 0.3) is 5.69 Å². The maximum atomic E-state index is 3.95. The molecule has 0 N–H and O–H groups in total. The largest absolute Gasteiger partial charge is 0.220 e. The minimum absolute atomic E-state index is 0.929. The molecule has 2 rings (SSSR count). The molecule has 0 saturated heterocycles. The first-order valence-electron chi connectivity index (χ1n) is 3.80. The van der Waals surface area contributed by atoms with E-state index in [1.807, 2.05) is 43.5 Å². The molecule has 60 valence electrons. The lowest BCUT2D eigenvalue weighted by molar-refractivity contribution is 0.801. The molecule has 12 heavy (non-hydrogen) atoms. The standard InChI is InChI=1S/C9H9N3/c1-8-7-12(11-10-8)9-5-3-2-4-6-9/h2-7H,1H3. The smallest absolute Gasteiger partial charge is 0.0800 e. The predicted octanol–water partition coefficient (Wildman–Crippen LogP) is 1.58. The minimum Gasteiger partial charge on any atom is -0.220 e. The van der Waals surface area contributed by atoms with E-state index < -0.39 is 0 Å². The Bertz CT molecular complexity index is 364. The van der Waals surface area contributed by atoms with Crippen molar-refractivity contribution in [3.63, 3.8) is 0 Å². The Balaban J connectivity index is 2.45. The van der Waals surface area contributed by atoms with E-state index in [0.717, 1.165) is 11.4 Å². The van der Waals surface area contributed by atoms with Crippen molar-refractivity contribution in [2.75, 3.05) is 0 Å². The third-order valence-corrected chi connectivity index (χ3v) is 1.63. The maximum absolute atomic E-state index is 3.95. The Kier molecular flexibility index (Phi) is 1.63. The molecular formula is C9H9N3. The third kappa shape index (κ3) is 1.21. The molecule has 0 aliphatic rings. The van der Waals surface area contributed by atoms with Gasteiger partial charge in [-0.15, -0.1) is 5.10 Å². The maximum Gasteiger partial charge on any atom is 0.0800 e. The summed E-state index contributed by atoms with van der Waals surface area (Å²) >= 11 is 0. The van der Waals surface area contributed by atoms with Gasteiger partial charge in [-0.05, 0) is 19.1 Å². The van der Waals surface area contributed by atoms with Gasteiger partial charge in [-0.25, -0.2) is 4.68 Å². The van der Waals surface area contributed by atoms with Crippen LogP contribution in [0.4, 0.5) is 0 Å². The van der Waals surface area contributed by atoms with Crippen molar-refractivity contribution in [3.05, 3.63) is 42.2 Å². The Hall–Kier alpha value is -1.64. The highest BCUT2D eigenvalue weighted by Gasteiger charge is 1.96. The Morgan fingerprint density at radius 1 is 1.17 bits per heavy atom. The second kappa shape index (κ2) is 2.77. The fourth-order valence-corrected chi connectivity index (χ4v) is 1.05. The van der Waals surface area contributed by atoms with Crippen LogP contribution in [-0.4, -0.2) is 15.0 Å². The summed E-state index contributed by atoms with van der Waals surface area (Å²) in [7, 11) is 0. The van der Waals surface area contributed by atoms with Gasteiger partial charge in [-0.2, -0.15) is 0 Å². The lowest BCUT2D eigenvalue weighted by Gasteiger charge is -1.96. The summed E-state index contributed by atoms with van der Waals surface area (Å²) in [5, 5.41) is 7.86. The zero-order valence-electron chi connectivity index (χ0n) is 6.81. The van der Waals surface area contributed by atoms with Gasteiger partial charge in [0.15, 0.2) is 0 Å². The second-order valence-corrected chi connectivity index (χ2v) is 2.64. The number of rotatable bonds is 1. The molecule has 0 atom stereocenters. The Morgan fingerprint density at radius 3 is 2.50 bits per heavy atom. The summed E-state index contributed by atoms with van der Waals surface area (Å²) in [5.41, 5.74) is 1.97. The molecular weight excluding hydrogens is 150 g/mol. The Labute approximate surface area is 70.6 Å². The molecule has 0 saturated carbocycles. The summed E-state index contributed by atoms with van der Waals surface area (Å²) in [5.74, 6) is 0. The number of aromatic nitrogens is 3. The van der Waals surface area contributed by atoms with Crippen LogP contribution in [0.3, 0.4) is 0 Å². The highest BCUT2D eigenvalue weighted by atomic mass is 15.4. The second-order valence-electron chi connectivity index (χ2n) is 2.64. The molecule has 0 bridgehead atoms. The molecule has 0 fully saturated rings. The highest BCUT2D eigenvalue weighted by Crippen LogP contribution is 2.04. The molecule has 1 aromatic carbocycles. The van der Waals surface area contributed by atoms with E-state index in [0.29, 0.717) is 0 Å². The molecule has 0 radical (unpaired) electrons. The van der Waals surface area contributed by atoms with Crippen molar-refractivity contribution >= 4 is 0 Å². The summed E-state index contributed by atoms with van der Waals surface area (Å²) in [6.07, 6.45) is 1.90. The number of nitrogens with zero attached hydrogens (tertiary/aromatic N) is 3. The third-order valence-electron chi connectivity index (χ3n) is 1.63. The van der Waals surface area contributed by atoms with Gasteiger partial charge in [0, 0.05) is 0 Å².